The van der Waals surface area contributed by atoms with E-state index in [0.717, 1.165) is 6.07 Å². The molecule has 1 unspecified atom stereocenters. The van der Waals surface area contributed by atoms with Crippen molar-refractivity contribution in [1.29, 1.82) is 0 Å². The molecule has 1 N–H and O–H groups in total. The van der Waals surface area contributed by atoms with Crippen LogP contribution >= 0.6 is 0 Å². The quantitative estimate of drug-likeness (QED) is 0.689. The molecule has 1 aliphatic rings. The number of carbonyl (C=O) groups is 1. The summed E-state index contributed by atoms with van der Waals surface area (Å²) in [6.45, 7) is 0. The van der Waals surface area contributed by atoms with Crippen LogP contribution in [0.15, 0.2) is 41.6 Å². The number of benzene rings is 2. The zero-order valence-electron chi connectivity index (χ0n) is 12.0. The minimum Gasteiger partial charge on any atom is -0.382 e. The average Bonchev–Trinajstić information content (AvgIpc) is 3.05. The highest BCUT2D eigenvalue weighted by atomic mass is 19.2. The Morgan fingerprint density at radius 2 is 1.92 bits per heavy atom. The van der Waals surface area contributed by atoms with Crippen LogP contribution in [0, 0.1) is 23.3 Å². The Bertz CT molecular complexity index is 839. The Kier molecular flexibility index (Phi) is 4.20. The third-order valence-corrected chi connectivity index (χ3v) is 3.41. The molecule has 124 valence electrons. The summed E-state index contributed by atoms with van der Waals surface area (Å²) in [6, 6.07) is 7.17. The zero-order chi connectivity index (χ0) is 17.3. The molecule has 0 spiro atoms. The van der Waals surface area contributed by atoms with Crippen LogP contribution in [-0.4, -0.2) is 17.7 Å². The maximum Gasteiger partial charge on any atom is 0.268 e. The van der Waals surface area contributed by atoms with Crippen LogP contribution in [0.1, 0.15) is 12.0 Å². The van der Waals surface area contributed by atoms with Gasteiger partial charge in [0.25, 0.3) is 5.91 Å². The summed E-state index contributed by atoms with van der Waals surface area (Å²) in [6.07, 6.45) is -1.06. The predicted octanol–water partition coefficient (Wildman–Crippen LogP) is 3.37. The van der Waals surface area contributed by atoms with Crippen LogP contribution in [0.2, 0.25) is 0 Å². The molecule has 1 amide bonds. The first-order chi connectivity index (χ1) is 11.5. The van der Waals surface area contributed by atoms with Gasteiger partial charge in [-0.05, 0) is 24.3 Å². The van der Waals surface area contributed by atoms with Crippen molar-refractivity contribution in [3.8, 4) is 0 Å². The summed E-state index contributed by atoms with van der Waals surface area (Å²) in [5.74, 6) is -5.80. The number of nitrogens with one attached hydrogen (secondary N) is 1. The van der Waals surface area contributed by atoms with Crippen molar-refractivity contribution in [3.05, 3.63) is 65.2 Å². The van der Waals surface area contributed by atoms with Crippen molar-refractivity contribution in [1.82, 2.24) is 0 Å². The number of amides is 1. The molecule has 0 saturated heterocycles. The van der Waals surface area contributed by atoms with Crippen molar-refractivity contribution < 1.29 is 27.2 Å². The molecule has 0 radical (unpaired) electrons. The first-order valence-corrected chi connectivity index (χ1v) is 6.88. The van der Waals surface area contributed by atoms with Crippen molar-refractivity contribution in [2.45, 2.75) is 12.5 Å². The summed E-state index contributed by atoms with van der Waals surface area (Å²) in [7, 11) is 0. The van der Waals surface area contributed by atoms with Gasteiger partial charge in [0.05, 0.1) is 11.4 Å². The number of hydrogen-bond acceptors (Lipinski definition) is 3. The van der Waals surface area contributed by atoms with Crippen molar-refractivity contribution >= 4 is 17.3 Å². The van der Waals surface area contributed by atoms with Crippen LogP contribution in [0.25, 0.3) is 0 Å². The molecule has 1 heterocycles. The van der Waals surface area contributed by atoms with Crippen molar-refractivity contribution in [2.75, 3.05) is 5.32 Å². The second kappa shape index (κ2) is 6.31. The van der Waals surface area contributed by atoms with Gasteiger partial charge in [0, 0.05) is 12.0 Å². The Morgan fingerprint density at radius 3 is 2.67 bits per heavy atom. The number of nitrogens with zero attached hydrogens (tertiary/aromatic N) is 1. The standard InChI is InChI=1S/C16H10F4N2O2/c17-9-3-1-2-8(6-9)12-7-13(24-22-12)16(23)21-11-5-4-10(18)14(19)15(11)20/h1-6,13H,7H2,(H,21,23). The smallest absolute Gasteiger partial charge is 0.268 e. The SMILES string of the molecule is O=C(Nc1ccc(F)c(F)c1F)C1CC(c2cccc(F)c2)=NO1. The molecule has 2 aromatic carbocycles. The van der Waals surface area contributed by atoms with Crippen LogP contribution in [-0.2, 0) is 9.63 Å². The van der Waals surface area contributed by atoms with E-state index in [9.17, 15) is 22.4 Å². The van der Waals surface area contributed by atoms with Crippen LogP contribution in [0.3, 0.4) is 0 Å². The molecule has 0 bridgehead atoms. The van der Waals surface area contributed by atoms with Crippen molar-refractivity contribution in [2.24, 2.45) is 5.16 Å². The normalized spacial score (nSPS) is 16.5. The van der Waals surface area contributed by atoms with Crippen LogP contribution in [0.4, 0.5) is 23.2 Å². The first kappa shape index (κ1) is 16.0. The highest BCUT2D eigenvalue weighted by molar-refractivity contribution is 6.06. The topological polar surface area (TPSA) is 50.7 Å². The van der Waals surface area contributed by atoms with E-state index in [1.165, 1.54) is 18.2 Å². The molecule has 0 fully saturated rings. The number of carbonyl (C=O) groups excluding carboxylic acids is 1. The van der Waals surface area contributed by atoms with E-state index in [0.29, 0.717) is 17.3 Å². The Morgan fingerprint density at radius 1 is 1.12 bits per heavy atom. The minimum absolute atomic E-state index is 0.0284. The van der Waals surface area contributed by atoms with E-state index in [1.54, 1.807) is 6.07 Å². The summed E-state index contributed by atoms with van der Waals surface area (Å²) in [5.41, 5.74) is 0.284. The number of oxime groups is 1. The van der Waals surface area contributed by atoms with Gasteiger partial charge in [-0.3, -0.25) is 4.79 Å². The molecule has 1 aliphatic heterocycles. The van der Waals surface area contributed by atoms with Gasteiger partial charge in [-0.15, -0.1) is 0 Å². The minimum atomic E-state index is -1.68. The Balaban J connectivity index is 1.69. The molecule has 3 rings (SSSR count). The summed E-state index contributed by atoms with van der Waals surface area (Å²) >= 11 is 0. The van der Waals surface area contributed by atoms with E-state index in [4.69, 9.17) is 4.84 Å². The largest absolute Gasteiger partial charge is 0.382 e. The van der Waals surface area contributed by atoms with Gasteiger partial charge in [-0.25, -0.2) is 17.6 Å². The lowest BCUT2D eigenvalue weighted by atomic mass is 10.0. The summed E-state index contributed by atoms with van der Waals surface area (Å²) in [5, 5.41) is 5.82. The summed E-state index contributed by atoms with van der Waals surface area (Å²) < 4.78 is 52.8. The van der Waals surface area contributed by atoms with Gasteiger partial charge in [-0.2, -0.15) is 0 Å². The number of halogens is 4. The van der Waals surface area contributed by atoms with Crippen LogP contribution in [0.5, 0.6) is 0 Å². The van der Waals surface area contributed by atoms with Gasteiger partial charge >= 0.3 is 0 Å². The maximum absolute atomic E-state index is 13.6. The molecule has 4 nitrogen and oxygen atoms in total. The highest BCUT2D eigenvalue weighted by Crippen LogP contribution is 2.22. The molecule has 1 atom stereocenters. The highest BCUT2D eigenvalue weighted by Gasteiger charge is 2.30. The monoisotopic (exact) mass is 338 g/mol. The fourth-order valence-electron chi connectivity index (χ4n) is 2.19. The van der Waals surface area contributed by atoms with E-state index in [-0.39, 0.29) is 6.42 Å². The van der Waals surface area contributed by atoms with Gasteiger partial charge in [0.15, 0.2) is 17.5 Å². The van der Waals surface area contributed by atoms with Gasteiger partial charge < -0.3 is 10.2 Å². The molecule has 2 aromatic rings. The van der Waals surface area contributed by atoms with E-state index < -0.39 is 41.0 Å². The Hall–Kier alpha value is -2.90. The predicted molar refractivity (Wildman–Crippen MR) is 77.4 cm³/mol. The molecule has 24 heavy (non-hydrogen) atoms. The molecule has 0 aliphatic carbocycles. The van der Waals surface area contributed by atoms with Crippen LogP contribution < -0.4 is 5.32 Å². The lowest BCUT2D eigenvalue weighted by Crippen LogP contribution is -2.28. The molecule has 0 saturated carbocycles. The third kappa shape index (κ3) is 3.08. The zero-order valence-corrected chi connectivity index (χ0v) is 12.0. The second-order valence-electron chi connectivity index (χ2n) is 5.06. The van der Waals surface area contributed by atoms with Gasteiger partial charge in [0.1, 0.15) is 5.82 Å². The van der Waals surface area contributed by atoms with Crippen molar-refractivity contribution in [3.63, 3.8) is 0 Å². The second-order valence-corrected chi connectivity index (χ2v) is 5.06. The molecule has 8 heteroatoms. The van der Waals surface area contributed by atoms with Gasteiger partial charge in [0.2, 0.25) is 6.10 Å². The fourth-order valence-corrected chi connectivity index (χ4v) is 2.19. The van der Waals surface area contributed by atoms with Gasteiger partial charge in [-0.1, -0.05) is 17.3 Å². The number of hydrogen-bond donors (Lipinski definition) is 1. The van der Waals surface area contributed by atoms with E-state index >= 15 is 0 Å². The molecular formula is C16H10F4N2O2. The lowest BCUT2D eigenvalue weighted by Gasteiger charge is -2.10. The fraction of sp³-hybridized carbons (Fsp3) is 0.125. The molecule has 0 aromatic heterocycles. The Labute approximate surface area is 133 Å². The third-order valence-electron chi connectivity index (χ3n) is 3.41. The summed E-state index contributed by atoms with van der Waals surface area (Å²) in [4.78, 5) is 17.0. The van der Waals surface area contributed by atoms with E-state index in [1.807, 2.05) is 0 Å². The number of anilines is 1. The molecular weight excluding hydrogens is 328 g/mol. The first-order valence-electron chi connectivity index (χ1n) is 6.88. The average molecular weight is 338 g/mol. The maximum atomic E-state index is 13.6. The van der Waals surface area contributed by atoms with E-state index in [2.05, 4.69) is 10.5 Å². The lowest BCUT2D eigenvalue weighted by molar-refractivity contribution is -0.125. The number of rotatable bonds is 3.